The van der Waals surface area contributed by atoms with Gasteiger partial charge in [-0.2, -0.15) is 5.26 Å². The standard InChI is InChI=1S/C23H40N2O2S/c1-2-3-4-5-13-16-20-25-22(26)18-21-28-23(27)17-14-11-9-7-6-8-10-12-15-19-24/h18,21H,2-17,20H2,1H3,(H,25,26)/b21-18-. The lowest BCUT2D eigenvalue weighted by Gasteiger charge is -2.02. The third-order valence-electron chi connectivity index (χ3n) is 4.67. The van der Waals surface area contributed by atoms with Crippen molar-refractivity contribution in [2.24, 2.45) is 0 Å². The number of unbranched alkanes of at least 4 members (excludes halogenated alkanes) is 13. The van der Waals surface area contributed by atoms with Crippen LogP contribution in [0, 0.1) is 11.3 Å². The van der Waals surface area contributed by atoms with Gasteiger partial charge in [0.25, 0.3) is 0 Å². The third kappa shape index (κ3) is 21.0. The lowest BCUT2D eigenvalue weighted by molar-refractivity contribution is -0.116. The summed E-state index contributed by atoms with van der Waals surface area (Å²) in [6.07, 6.45) is 19.0. The minimum atomic E-state index is -0.108. The topological polar surface area (TPSA) is 70.0 Å². The van der Waals surface area contributed by atoms with Crippen molar-refractivity contribution in [3.63, 3.8) is 0 Å². The van der Waals surface area contributed by atoms with Gasteiger partial charge in [0.05, 0.1) is 6.07 Å². The van der Waals surface area contributed by atoms with Crippen molar-refractivity contribution in [3.05, 3.63) is 11.5 Å². The fraction of sp³-hybridized carbons (Fsp3) is 0.783. The van der Waals surface area contributed by atoms with Gasteiger partial charge in [-0.3, -0.25) is 9.59 Å². The number of nitrogens with zero attached hydrogens (tertiary/aromatic N) is 1. The Labute approximate surface area is 176 Å². The van der Waals surface area contributed by atoms with Gasteiger partial charge in [-0.05, 0) is 24.7 Å². The summed E-state index contributed by atoms with van der Waals surface area (Å²) in [5, 5.41) is 13.1. The van der Waals surface area contributed by atoms with E-state index in [-0.39, 0.29) is 11.0 Å². The highest BCUT2D eigenvalue weighted by atomic mass is 32.2. The number of rotatable bonds is 19. The van der Waals surface area contributed by atoms with Crippen LogP contribution in [0.15, 0.2) is 11.5 Å². The van der Waals surface area contributed by atoms with Crippen LogP contribution in [-0.4, -0.2) is 17.6 Å². The van der Waals surface area contributed by atoms with Crippen LogP contribution < -0.4 is 5.32 Å². The normalized spacial score (nSPS) is 10.9. The molecule has 0 heterocycles. The van der Waals surface area contributed by atoms with Crippen LogP contribution >= 0.6 is 11.8 Å². The van der Waals surface area contributed by atoms with E-state index in [4.69, 9.17) is 5.26 Å². The molecule has 0 aliphatic rings. The Morgan fingerprint density at radius 2 is 1.43 bits per heavy atom. The second-order valence-electron chi connectivity index (χ2n) is 7.34. The van der Waals surface area contributed by atoms with Crippen molar-refractivity contribution >= 4 is 22.8 Å². The highest BCUT2D eigenvalue weighted by Crippen LogP contribution is 2.14. The Morgan fingerprint density at radius 1 is 0.857 bits per heavy atom. The molecule has 0 spiro atoms. The fourth-order valence-electron chi connectivity index (χ4n) is 2.94. The number of amides is 1. The highest BCUT2D eigenvalue weighted by Gasteiger charge is 2.01. The maximum Gasteiger partial charge on any atom is 0.244 e. The van der Waals surface area contributed by atoms with Crippen LogP contribution in [0.5, 0.6) is 0 Å². The summed E-state index contributed by atoms with van der Waals surface area (Å²) in [7, 11) is 0. The van der Waals surface area contributed by atoms with Gasteiger partial charge in [0.2, 0.25) is 5.91 Å². The molecule has 0 aromatic rings. The van der Waals surface area contributed by atoms with Gasteiger partial charge in [-0.1, -0.05) is 89.3 Å². The minimum absolute atomic E-state index is 0.108. The molecule has 0 atom stereocenters. The maximum atomic E-state index is 11.8. The number of carbonyl (C=O) groups excluding carboxylic acids is 2. The Bertz CT molecular complexity index is 458. The third-order valence-corrected chi connectivity index (χ3v) is 5.41. The summed E-state index contributed by atoms with van der Waals surface area (Å²) in [5.41, 5.74) is 0. The monoisotopic (exact) mass is 408 g/mol. The van der Waals surface area contributed by atoms with Crippen molar-refractivity contribution in [3.8, 4) is 6.07 Å². The van der Waals surface area contributed by atoms with E-state index in [0.717, 1.165) is 43.9 Å². The van der Waals surface area contributed by atoms with Crippen molar-refractivity contribution in [1.29, 1.82) is 5.26 Å². The summed E-state index contributed by atoms with van der Waals surface area (Å²) >= 11 is 1.13. The first-order valence-corrected chi connectivity index (χ1v) is 12.1. The minimum Gasteiger partial charge on any atom is -0.353 e. The van der Waals surface area contributed by atoms with Gasteiger partial charge >= 0.3 is 0 Å². The molecule has 0 saturated heterocycles. The van der Waals surface area contributed by atoms with Gasteiger partial charge in [0.1, 0.15) is 0 Å². The van der Waals surface area contributed by atoms with E-state index in [2.05, 4.69) is 18.3 Å². The Balaban J connectivity index is 3.43. The average molecular weight is 409 g/mol. The zero-order valence-electron chi connectivity index (χ0n) is 17.8. The summed E-state index contributed by atoms with van der Waals surface area (Å²) in [6.45, 7) is 2.92. The molecule has 1 amide bonds. The molecule has 0 rings (SSSR count). The first kappa shape index (κ1) is 26.7. The van der Waals surface area contributed by atoms with Gasteiger partial charge in [0, 0.05) is 25.5 Å². The molecule has 0 aromatic heterocycles. The highest BCUT2D eigenvalue weighted by molar-refractivity contribution is 8.16. The average Bonchev–Trinajstić information content (AvgIpc) is 2.68. The van der Waals surface area contributed by atoms with Gasteiger partial charge < -0.3 is 5.32 Å². The van der Waals surface area contributed by atoms with E-state index < -0.39 is 0 Å². The zero-order chi connectivity index (χ0) is 20.7. The zero-order valence-corrected chi connectivity index (χ0v) is 18.7. The van der Waals surface area contributed by atoms with Crippen LogP contribution in [0.2, 0.25) is 0 Å². The molecular formula is C23H40N2O2S. The molecule has 5 heteroatoms. The van der Waals surface area contributed by atoms with E-state index in [0.29, 0.717) is 19.4 Å². The van der Waals surface area contributed by atoms with E-state index in [1.54, 1.807) is 5.41 Å². The molecule has 0 aliphatic heterocycles. The molecule has 4 nitrogen and oxygen atoms in total. The second kappa shape index (κ2) is 22.0. The molecule has 0 bridgehead atoms. The predicted molar refractivity (Wildman–Crippen MR) is 120 cm³/mol. The summed E-state index contributed by atoms with van der Waals surface area (Å²) in [4.78, 5) is 23.5. The number of hydrogen-bond acceptors (Lipinski definition) is 4. The number of nitriles is 1. The predicted octanol–water partition coefficient (Wildman–Crippen LogP) is 6.66. The smallest absolute Gasteiger partial charge is 0.244 e. The maximum absolute atomic E-state index is 11.8. The summed E-state index contributed by atoms with van der Waals surface area (Å²) in [6, 6.07) is 2.18. The largest absolute Gasteiger partial charge is 0.353 e. The fourth-order valence-corrected chi connectivity index (χ4v) is 3.55. The quantitative estimate of drug-likeness (QED) is 0.192. The first-order chi connectivity index (χ1) is 13.7. The Morgan fingerprint density at radius 3 is 2.07 bits per heavy atom. The Kier molecular flexibility index (Phi) is 21.0. The van der Waals surface area contributed by atoms with Crippen molar-refractivity contribution in [2.45, 2.75) is 110 Å². The van der Waals surface area contributed by atoms with Crippen molar-refractivity contribution in [2.75, 3.05) is 6.54 Å². The molecule has 0 aliphatic carbocycles. The molecule has 28 heavy (non-hydrogen) atoms. The van der Waals surface area contributed by atoms with Crippen LogP contribution in [0.1, 0.15) is 110 Å². The molecule has 0 fully saturated rings. The van der Waals surface area contributed by atoms with Gasteiger partial charge in [0.15, 0.2) is 5.12 Å². The van der Waals surface area contributed by atoms with Crippen LogP contribution in [-0.2, 0) is 9.59 Å². The van der Waals surface area contributed by atoms with E-state index >= 15 is 0 Å². The van der Waals surface area contributed by atoms with Crippen molar-refractivity contribution < 1.29 is 9.59 Å². The Hall–Kier alpha value is -1.28. The van der Waals surface area contributed by atoms with E-state index in [9.17, 15) is 9.59 Å². The number of hydrogen-bond donors (Lipinski definition) is 1. The summed E-state index contributed by atoms with van der Waals surface area (Å²) < 4.78 is 0. The number of carbonyl (C=O) groups is 2. The molecule has 0 unspecified atom stereocenters. The molecule has 0 radical (unpaired) electrons. The SMILES string of the molecule is CCCCCCCCNC(=O)/C=C\SC(=O)CCCCCCCCCCC#N. The number of thioether (sulfide) groups is 1. The molecular weight excluding hydrogens is 368 g/mol. The molecule has 160 valence electrons. The van der Waals surface area contributed by atoms with Crippen LogP contribution in [0.3, 0.4) is 0 Å². The second-order valence-corrected chi connectivity index (χ2v) is 8.30. The summed E-state index contributed by atoms with van der Waals surface area (Å²) in [5.74, 6) is -0.108. The van der Waals surface area contributed by atoms with E-state index in [1.807, 2.05) is 0 Å². The lowest BCUT2D eigenvalue weighted by atomic mass is 10.1. The van der Waals surface area contributed by atoms with Crippen LogP contribution in [0.4, 0.5) is 0 Å². The van der Waals surface area contributed by atoms with Crippen LogP contribution in [0.25, 0.3) is 0 Å². The first-order valence-electron chi connectivity index (χ1n) is 11.2. The molecule has 0 saturated carbocycles. The van der Waals surface area contributed by atoms with E-state index in [1.165, 1.54) is 63.9 Å². The van der Waals surface area contributed by atoms with Crippen molar-refractivity contribution in [1.82, 2.24) is 5.32 Å². The molecule has 0 aromatic carbocycles. The van der Waals surface area contributed by atoms with Gasteiger partial charge in [-0.15, -0.1) is 0 Å². The number of nitrogens with one attached hydrogen (secondary N) is 1. The lowest BCUT2D eigenvalue weighted by Crippen LogP contribution is -2.21. The van der Waals surface area contributed by atoms with Gasteiger partial charge in [-0.25, -0.2) is 0 Å². The molecule has 1 N–H and O–H groups in total.